The van der Waals surface area contributed by atoms with Gasteiger partial charge in [0.2, 0.25) is 0 Å². The molecule has 0 saturated heterocycles. The van der Waals surface area contributed by atoms with Crippen LogP contribution in [0, 0.1) is 10.1 Å². The highest BCUT2D eigenvalue weighted by molar-refractivity contribution is 5.31. The molecule has 0 amide bonds. The fourth-order valence-electron chi connectivity index (χ4n) is 2.42. The van der Waals surface area contributed by atoms with E-state index in [4.69, 9.17) is 9.47 Å². The molecule has 0 unspecified atom stereocenters. The number of halogens is 3. The smallest absolute Gasteiger partial charge is 0.489 e. The van der Waals surface area contributed by atoms with Crippen LogP contribution in [0.2, 0.25) is 0 Å². The van der Waals surface area contributed by atoms with Gasteiger partial charge in [0.15, 0.2) is 0 Å². The van der Waals surface area contributed by atoms with Crippen molar-refractivity contribution in [2.24, 2.45) is 0 Å². The second-order valence-corrected chi connectivity index (χ2v) is 5.94. The number of nitro groups is 1. The van der Waals surface area contributed by atoms with Gasteiger partial charge >= 0.3 is 18.2 Å². The van der Waals surface area contributed by atoms with Crippen LogP contribution in [0.25, 0.3) is 0 Å². The predicted octanol–water partition coefficient (Wildman–Crippen LogP) is 3.31. The second-order valence-electron chi connectivity index (χ2n) is 5.94. The molecule has 2 aromatic rings. The van der Waals surface area contributed by atoms with Gasteiger partial charge in [-0.15, -0.1) is 13.2 Å². The average molecular weight is 373 g/mol. The molecule has 26 heavy (non-hydrogen) atoms. The van der Waals surface area contributed by atoms with Crippen molar-refractivity contribution in [2.45, 2.75) is 31.9 Å². The molecule has 0 spiro atoms. The molecule has 140 valence electrons. The van der Waals surface area contributed by atoms with E-state index >= 15 is 0 Å². The van der Waals surface area contributed by atoms with E-state index in [0.29, 0.717) is 18.7 Å². The van der Waals surface area contributed by atoms with Crippen LogP contribution in [0.15, 0.2) is 30.5 Å². The predicted molar refractivity (Wildman–Crippen MR) is 81.2 cm³/mol. The van der Waals surface area contributed by atoms with Crippen LogP contribution in [0.1, 0.15) is 13.3 Å². The van der Waals surface area contributed by atoms with Gasteiger partial charge in [0.25, 0.3) is 0 Å². The number of aromatic nitrogens is 2. The van der Waals surface area contributed by atoms with Gasteiger partial charge in [0, 0.05) is 17.9 Å². The minimum Gasteiger partial charge on any atom is -0.489 e. The van der Waals surface area contributed by atoms with Gasteiger partial charge in [-0.25, -0.2) is 0 Å². The van der Waals surface area contributed by atoms with Gasteiger partial charge in [-0.05, 0) is 36.1 Å². The van der Waals surface area contributed by atoms with Gasteiger partial charge < -0.3 is 24.3 Å². The second kappa shape index (κ2) is 6.39. The summed E-state index contributed by atoms with van der Waals surface area (Å²) in [6, 6.07) is 5.10. The van der Waals surface area contributed by atoms with Crippen molar-refractivity contribution in [2.75, 3.05) is 6.61 Å². The van der Waals surface area contributed by atoms with E-state index in [2.05, 4.69) is 9.72 Å². The van der Waals surface area contributed by atoms with E-state index in [9.17, 15) is 23.3 Å². The molecule has 8 nitrogen and oxygen atoms in total. The maximum Gasteiger partial charge on any atom is 0.573 e. The highest BCUT2D eigenvalue weighted by Crippen LogP contribution is 2.31. The molecule has 1 aromatic heterocycles. The average Bonchev–Trinajstić information content (AvgIpc) is 2.96. The Hall–Kier alpha value is -2.98. The Morgan fingerprint density at radius 3 is 2.62 bits per heavy atom. The monoisotopic (exact) mass is 373 g/mol. The van der Waals surface area contributed by atoms with Crippen LogP contribution in [-0.4, -0.2) is 33.0 Å². The first kappa shape index (κ1) is 17.8. The normalized spacial score (nSPS) is 19.4. The van der Waals surface area contributed by atoms with Crippen molar-refractivity contribution >= 4 is 5.82 Å². The Morgan fingerprint density at radius 1 is 1.35 bits per heavy atom. The minimum atomic E-state index is -4.75. The zero-order chi connectivity index (χ0) is 18.9. The Bertz CT molecular complexity index is 806. The largest absolute Gasteiger partial charge is 0.573 e. The summed E-state index contributed by atoms with van der Waals surface area (Å²) in [5.74, 6) is -0.311. The highest BCUT2D eigenvalue weighted by atomic mass is 19.4. The Kier molecular flexibility index (Phi) is 4.38. The van der Waals surface area contributed by atoms with Crippen LogP contribution >= 0.6 is 0 Å². The molecule has 1 atom stereocenters. The molecular weight excluding hydrogens is 359 g/mol. The number of benzene rings is 1. The van der Waals surface area contributed by atoms with E-state index in [1.807, 2.05) is 0 Å². The lowest BCUT2D eigenvalue weighted by molar-refractivity contribution is -0.389. The van der Waals surface area contributed by atoms with E-state index in [0.717, 1.165) is 12.1 Å². The third-order valence-corrected chi connectivity index (χ3v) is 3.73. The fourth-order valence-corrected chi connectivity index (χ4v) is 2.42. The SMILES string of the molecule is C[C@]1(COc2ccc(OC(F)(F)F)cc2)CCn2cc([N+](=O)[O-])nc2O1. The number of hydrogen-bond donors (Lipinski definition) is 0. The molecule has 3 rings (SSSR count). The third-order valence-electron chi connectivity index (χ3n) is 3.73. The van der Waals surface area contributed by atoms with Crippen LogP contribution in [-0.2, 0) is 6.54 Å². The van der Waals surface area contributed by atoms with Crippen molar-refractivity contribution < 1.29 is 32.3 Å². The first-order chi connectivity index (χ1) is 12.1. The Balaban J connectivity index is 1.61. The summed E-state index contributed by atoms with van der Waals surface area (Å²) >= 11 is 0. The zero-order valence-electron chi connectivity index (χ0n) is 13.5. The molecular formula is C15H14F3N3O5. The molecule has 1 aliphatic rings. The topological polar surface area (TPSA) is 88.7 Å². The summed E-state index contributed by atoms with van der Waals surface area (Å²) in [5, 5.41) is 10.8. The number of fused-ring (bicyclic) bond motifs is 1. The molecule has 1 aliphatic heterocycles. The number of rotatable bonds is 5. The molecule has 0 N–H and O–H groups in total. The summed E-state index contributed by atoms with van der Waals surface area (Å²) < 4.78 is 53.0. The van der Waals surface area contributed by atoms with Gasteiger partial charge in [-0.1, -0.05) is 0 Å². The fraction of sp³-hybridized carbons (Fsp3) is 0.400. The van der Waals surface area contributed by atoms with Gasteiger partial charge in [0.1, 0.15) is 29.9 Å². The summed E-state index contributed by atoms with van der Waals surface area (Å²) in [7, 11) is 0. The number of hydrogen-bond acceptors (Lipinski definition) is 6. The molecule has 0 bridgehead atoms. The van der Waals surface area contributed by atoms with Crippen molar-refractivity contribution in [3.05, 3.63) is 40.6 Å². The zero-order valence-corrected chi connectivity index (χ0v) is 13.5. The van der Waals surface area contributed by atoms with Crippen molar-refractivity contribution in [1.82, 2.24) is 9.55 Å². The quantitative estimate of drug-likeness (QED) is 0.590. The molecule has 2 heterocycles. The summed E-state index contributed by atoms with van der Waals surface area (Å²) in [6.07, 6.45) is -2.94. The number of nitrogens with zero attached hydrogens (tertiary/aromatic N) is 3. The Labute approximate surface area is 145 Å². The molecule has 1 aromatic carbocycles. The number of aryl methyl sites for hydroxylation is 1. The first-order valence-electron chi connectivity index (χ1n) is 7.53. The molecule has 11 heteroatoms. The van der Waals surface area contributed by atoms with Crippen molar-refractivity contribution in [3.63, 3.8) is 0 Å². The lowest BCUT2D eigenvalue weighted by atomic mass is 10.0. The standard InChI is InChI=1S/C15H14F3N3O5/c1-14(6-7-20-8-12(21(22)23)19-13(20)26-14)9-24-10-2-4-11(5-3-10)25-15(16,17)18/h2-5,8H,6-7,9H2,1H3/t14-/m1/s1. The minimum absolute atomic E-state index is 0.0904. The molecule has 0 saturated carbocycles. The lowest BCUT2D eigenvalue weighted by Gasteiger charge is -2.32. The number of imidazole rings is 1. The Morgan fingerprint density at radius 2 is 2.00 bits per heavy atom. The third kappa shape index (κ3) is 4.16. The maximum absolute atomic E-state index is 12.1. The van der Waals surface area contributed by atoms with Gasteiger partial charge in [-0.3, -0.25) is 4.57 Å². The van der Waals surface area contributed by atoms with Gasteiger partial charge in [0.05, 0.1) is 0 Å². The van der Waals surface area contributed by atoms with Crippen LogP contribution in [0.3, 0.4) is 0 Å². The summed E-state index contributed by atoms with van der Waals surface area (Å²) in [6.45, 7) is 2.32. The van der Waals surface area contributed by atoms with E-state index in [1.165, 1.54) is 18.3 Å². The maximum atomic E-state index is 12.1. The van der Waals surface area contributed by atoms with Gasteiger partial charge in [-0.2, -0.15) is 0 Å². The van der Waals surface area contributed by atoms with Crippen LogP contribution < -0.4 is 14.2 Å². The van der Waals surface area contributed by atoms with Crippen molar-refractivity contribution in [1.29, 1.82) is 0 Å². The lowest BCUT2D eigenvalue weighted by Crippen LogP contribution is -2.43. The van der Waals surface area contributed by atoms with Crippen molar-refractivity contribution in [3.8, 4) is 17.5 Å². The van der Waals surface area contributed by atoms with Crippen LogP contribution in [0.5, 0.6) is 17.5 Å². The number of alkyl halides is 3. The summed E-state index contributed by atoms with van der Waals surface area (Å²) in [4.78, 5) is 14.0. The summed E-state index contributed by atoms with van der Waals surface area (Å²) in [5.41, 5.74) is -0.781. The van der Waals surface area contributed by atoms with E-state index in [1.54, 1.807) is 11.5 Å². The van der Waals surface area contributed by atoms with E-state index < -0.39 is 16.9 Å². The molecule has 0 radical (unpaired) electrons. The molecule has 0 aliphatic carbocycles. The van der Waals surface area contributed by atoms with Crippen LogP contribution in [0.4, 0.5) is 19.0 Å². The number of ether oxygens (including phenoxy) is 3. The molecule has 0 fully saturated rings. The highest BCUT2D eigenvalue weighted by Gasteiger charge is 2.37. The first-order valence-corrected chi connectivity index (χ1v) is 7.53. The van der Waals surface area contributed by atoms with E-state index in [-0.39, 0.29) is 24.2 Å².